The molecular formula is C14H27NO. The van der Waals surface area contributed by atoms with Crippen molar-refractivity contribution in [1.82, 2.24) is 4.90 Å². The van der Waals surface area contributed by atoms with E-state index in [9.17, 15) is 4.79 Å². The van der Waals surface area contributed by atoms with Crippen LogP contribution in [0.5, 0.6) is 0 Å². The fourth-order valence-corrected chi connectivity index (χ4v) is 2.41. The van der Waals surface area contributed by atoms with Crippen LogP contribution in [0.2, 0.25) is 0 Å². The Kier molecular flexibility index (Phi) is 4.54. The molecule has 1 rings (SSSR count). The largest absolute Gasteiger partial charge is 0.300 e. The van der Waals surface area contributed by atoms with Crippen molar-refractivity contribution in [3.63, 3.8) is 0 Å². The summed E-state index contributed by atoms with van der Waals surface area (Å²) in [5, 5.41) is 0. The molecule has 2 unspecified atom stereocenters. The number of nitrogens with zero attached hydrogens (tertiary/aromatic N) is 1. The van der Waals surface area contributed by atoms with Crippen LogP contribution in [-0.2, 0) is 4.79 Å². The molecule has 0 aromatic carbocycles. The third kappa shape index (κ3) is 3.89. The molecule has 2 nitrogen and oxygen atoms in total. The van der Waals surface area contributed by atoms with E-state index in [4.69, 9.17) is 0 Å². The number of likely N-dealkylation sites (tertiary alicyclic amines) is 1. The van der Waals surface area contributed by atoms with E-state index in [1.807, 2.05) is 20.8 Å². The Morgan fingerprint density at radius 3 is 2.44 bits per heavy atom. The normalized spacial score (nSPS) is 28.1. The minimum atomic E-state index is -0.174. The third-order valence-corrected chi connectivity index (χ3v) is 3.74. The lowest BCUT2D eigenvalue weighted by atomic mass is 9.88. The van der Waals surface area contributed by atoms with Gasteiger partial charge in [0.2, 0.25) is 0 Å². The molecule has 0 aliphatic carbocycles. The third-order valence-electron chi connectivity index (χ3n) is 3.74. The Morgan fingerprint density at radius 2 is 1.94 bits per heavy atom. The number of rotatable bonds is 3. The molecule has 0 radical (unpaired) electrons. The summed E-state index contributed by atoms with van der Waals surface area (Å²) < 4.78 is 0. The second-order valence-electron chi connectivity index (χ2n) is 6.44. The number of piperidine rings is 1. The Hall–Kier alpha value is -0.370. The van der Waals surface area contributed by atoms with E-state index in [1.165, 1.54) is 19.4 Å². The van der Waals surface area contributed by atoms with Gasteiger partial charge in [-0.15, -0.1) is 0 Å². The summed E-state index contributed by atoms with van der Waals surface area (Å²) in [7, 11) is 0. The first kappa shape index (κ1) is 13.7. The maximum absolute atomic E-state index is 11.9. The number of carbonyl (C=O) groups excluding carboxylic acids is 1. The minimum absolute atomic E-state index is 0.174. The van der Waals surface area contributed by atoms with Crippen LogP contribution in [0.15, 0.2) is 0 Å². The molecule has 1 fully saturated rings. The Balaban J connectivity index is 2.36. The zero-order valence-electron chi connectivity index (χ0n) is 11.5. The summed E-state index contributed by atoms with van der Waals surface area (Å²) in [5.41, 5.74) is -0.174. The monoisotopic (exact) mass is 225 g/mol. The number of hydrogen-bond donors (Lipinski definition) is 0. The summed E-state index contributed by atoms with van der Waals surface area (Å²) in [6.07, 6.45) is 3.28. The fraction of sp³-hybridized carbons (Fsp3) is 0.929. The van der Waals surface area contributed by atoms with Crippen molar-refractivity contribution in [2.24, 2.45) is 11.3 Å². The summed E-state index contributed by atoms with van der Waals surface area (Å²) in [6.45, 7) is 12.8. The van der Waals surface area contributed by atoms with Gasteiger partial charge in [0.1, 0.15) is 5.78 Å². The predicted octanol–water partition coefficient (Wildman–Crippen LogP) is 3.11. The van der Waals surface area contributed by atoms with Crippen LogP contribution < -0.4 is 0 Å². The molecule has 94 valence electrons. The van der Waals surface area contributed by atoms with Gasteiger partial charge >= 0.3 is 0 Å². The topological polar surface area (TPSA) is 20.3 Å². The van der Waals surface area contributed by atoms with Gasteiger partial charge in [0.05, 0.1) is 0 Å². The second-order valence-corrected chi connectivity index (χ2v) is 6.44. The minimum Gasteiger partial charge on any atom is -0.300 e. The van der Waals surface area contributed by atoms with Crippen LogP contribution in [0.1, 0.15) is 53.9 Å². The predicted molar refractivity (Wildman–Crippen MR) is 68.5 cm³/mol. The first-order valence-electron chi connectivity index (χ1n) is 6.58. The first-order chi connectivity index (χ1) is 7.30. The van der Waals surface area contributed by atoms with E-state index in [0.29, 0.717) is 18.2 Å². The smallest absolute Gasteiger partial charge is 0.139 e. The second kappa shape index (κ2) is 5.31. The maximum atomic E-state index is 11.9. The SMILES string of the molecule is CC1CCN(CCC(=O)C(C)(C)C)C(C)C1. The van der Waals surface area contributed by atoms with Crippen LogP contribution in [0.4, 0.5) is 0 Å². The number of hydrogen-bond acceptors (Lipinski definition) is 2. The average molecular weight is 225 g/mol. The van der Waals surface area contributed by atoms with E-state index in [1.54, 1.807) is 0 Å². The van der Waals surface area contributed by atoms with Crippen molar-refractivity contribution < 1.29 is 4.79 Å². The summed E-state index contributed by atoms with van der Waals surface area (Å²) in [6, 6.07) is 0.650. The fourth-order valence-electron chi connectivity index (χ4n) is 2.41. The molecule has 0 bridgehead atoms. The summed E-state index contributed by atoms with van der Waals surface area (Å²) in [5.74, 6) is 1.24. The van der Waals surface area contributed by atoms with Crippen LogP contribution in [-0.4, -0.2) is 29.8 Å². The van der Waals surface area contributed by atoms with Gasteiger partial charge in [-0.2, -0.15) is 0 Å². The van der Waals surface area contributed by atoms with Crippen molar-refractivity contribution in [3.05, 3.63) is 0 Å². The molecule has 2 heteroatoms. The van der Waals surface area contributed by atoms with E-state index < -0.39 is 0 Å². The summed E-state index contributed by atoms with van der Waals surface area (Å²) >= 11 is 0. The molecule has 0 aromatic heterocycles. The van der Waals surface area contributed by atoms with Crippen molar-refractivity contribution >= 4 is 5.78 Å². The molecule has 0 spiro atoms. The molecular weight excluding hydrogens is 198 g/mol. The van der Waals surface area contributed by atoms with Crippen LogP contribution in [0.25, 0.3) is 0 Å². The van der Waals surface area contributed by atoms with Gasteiger partial charge in [0.25, 0.3) is 0 Å². The van der Waals surface area contributed by atoms with Crippen molar-refractivity contribution in [2.75, 3.05) is 13.1 Å². The highest BCUT2D eigenvalue weighted by molar-refractivity contribution is 5.83. The lowest BCUT2D eigenvalue weighted by molar-refractivity contribution is -0.126. The van der Waals surface area contributed by atoms with Crippen molar-refractivity contribution in [3.8, 4) is 0 Å². The Labute approximate surface area is 100 Å². The van der Waals surface area contributed by atoms with Gasteiger partial charge < -0.3 is 4.90 Å². The van der Waals surface area contributed by atoms with E-state index in [0.717, 1.165) is 12.5 Å². The summed E-state index contributed by atoms with van der Waals surface area (Å²) in [4.78, 5) is 14.3. The standard InChI is InChI=1S/C14H27NO/c1-11-6-8-15(12(2)10-11)9-7-13(16)14(3,4)5/h11-12H,6-10H2,1-5H3. The van der Waals surface area contributed by atoms with Gasteiger partial charge in [-0.3, -0.25) is 4.79 Å². The molecule has 1 aliphatic heterocycles. The van der Waals surface area contributed by atoms with Crippen LogP contribution >= 0.6 is 0 Å². The quantitative estimate of drug-likeness (QED) is 0.735. The molecule has 1 aliphatic rings. The Morgan fingerprint density at radius 1 is 1.31 bits per heavy atom. The molecule has 2 atom stereocenters. The number of carbonyl (C=O) groups is 1. The molecule has 1 saturated heterocycles. The number of Topliss-reactive ketones (excluding diaryl/α,β-unsaturated/α-hetero) is 1. The zero-order valence-corrected chi connectivity index (χ0v) is 11.5. The van der Waals surface area contributed by atoms with Gasteiger partial charge in [-0.05, 0) is 32.2 Å². The van der Waals surface area contributed by atoms with Gasteiger partial charge in [-0.1, -0.05) is 27.7 Å². The zero-order chi connectivity index (χ0) is 12.3. The van der Waals surface area contributed by atoms with E-state index in [2.05, 4.69) is 18.7 Å². The van der Waals surface area contributed by atoms with Gasteiger partial charge in [-0.25, -0.2) is 0 Å². The van der Waals surface area contributed by atoms with Crippen LogP contribution in [0.3, 0.4) is 0 Å². The van der Waals surface area contributed by atoms with Crippen molar-refractivity contribution in [1.29, 1.82) is 0 Å². The van der Waals surface area contributed by atoms with E-state index >= 15 is 0 Å². The highest BCUT2D eigenvalue weighted by Gasteiger charge is 2.25. The lowest BCUT2D eigenvalue weighted by Crippen LogP contribution is -2.41. The van der Waals surface area contributed by atoms with Crippen molar-refractivity contribution in [2.45, 2.75) is 59.9 Å². The van der Waals surface area contributed by atoms with Gasteiger partial charge in [0, 0.05) is 24.4 Å². The highest BCUT2D eigenvalue weighted by atomic mass is 16.1. The van der Waals surface area contributed by atoms with Crippen LogP contribution in [0, 0.1) is 11.3 Å². The highest BCUT2D eigenvalue weighted by Crippen LogP contribution is 2.23. The molecule has 0 aromatic rings. The maximum Gasteiger partial charge on any atom is 0.139 e. The van der Waals surface area contributed by atoms with E-state index in [-0.39, 0.29) is 5.41 Å². The molecule has 1 heterocycles. The first-order valence-corrected chi connectivity index (χ1v) is 6.58. The lowest BCUT2D eigenvalue weighted by Gasteiger charge is -2.36. The molecule has 0 saturated carbocycles. The molecule has 0 amide bonds. The molecule has 0 N–H and O–H groups in total. The average Bonchev–Trinajstić information content (AvgIpc) is 2.14. The Bertz CT molecular complexity index is 242. The van der Waals surface area contributed by atoms with Gasteiger partial charge in [0.15, 0.2) is 0 Å². The molecule has 16 heavy (non-hydrogen) atoms. The number of ketones is 1.